The van der Waals surface area contributed by atoms with E-state index < -0.39 is 0 Å². The molecule has 4 aromatic heterocycles. The highest BCUT2D eigenvalue weighted by Crippen LogP contribution is 2.28. The van der Waals surface area contributed by atoms with E-state index >= 15 is 0 Å². The average molecular weight is 423 g/mol. The lowest BCUT2D eigenvalue weighted by molar-refractivity contribution is 0.313. The second kappa shape index (κ2) is 8.23. The molecule has 0 bridgehead atoms. The van der Waals surface area contributed by atoms with Crippen LogP contribution in [0.25, 0.3) is 21.6 Å². The number of pyridine rings is 2. The van der Waals surface area contributed by atoms with Crippen LogP contribution >= 0.6 is 11.3 Å². The summed E-state index contributed by atoms with van der Waals surface area (Å²) < 4.78 is 7.05. The van der Waals surface area contributed by atoms with Gasteiger partial charge in [-0.25, -0.2) is 4.98 Å². The Morgan fingerprint density at radius 1 is 1.27 bits per heavy atom. The van der Waals surface area contributed by atoms with Gasteiger partial charge in [0, 0.05) is 40.8 Å². The Hall–Kier alpha value is -3.26. The molecule has 30 heavy (non-hydrogen) atoms. The zero-order chi connectivity index (χ0) is 21.3. The van der Waals surface area contributed by atoms with Gasteiger partial charge >= 0.3 is 0 Å². The lowest BCUT2D eigenvalue weighted by atomic mass is 10.2. The van der Waals surface area contributed by atoms with Crippen molar-refractivity contribution >= 4 is 21.6 Å². The normalized spacial score (nSPS) is 11.2. The summed E-state index contributed by atoms with van der Waals surface area (Å²) in [7, 11) is 0. The van der Waals surface area contributed by atoms with Crippen LogP contribution < -0.4 is 15.7 Å². The molecule has 0 saturated heterocycles. The smallest absolute Gasteiger partial charge is 0.263 e. The van der Waals surface area contributed by atoms with Gasteiger partial charge in [0.15, 0.2) is 5.75 Å². The molecule has 0 unspecified atom stereocenters. The van der Waals surface area contributed by atoms with Gasteiger partial charge in [0.25, 0.3) is 5.56 Å². The quantitative estimate of drug-likeness (QED) is 0.512. The van der Waals surface area contributed by atoms with Crippen molar-refractivity contribution in [1.82, 2.24) is 19.5 Å². The van der Waals surface area contributed by atoms with Crippen LogP contribution in [-0.4, -0.2) is 26.1 Å². The van der Waals surface area contributed by atoms with Crippen LogP contribution in [0, 0.1) is 13.8 Å². The number of thiophene rings is 1. The monoisotopic (exact) mass is 422 g/mol. The molecule has 0 atom stereocenters. The van der Waals surface area contributed by atoms with Crippen LogP contribution in [0.15, 0.2) is 46.4 Å². The Labute approximate surface area is 177 Å². The molecule has 0 fully saturated rings. The van der Waals surface area contributed by atoms with Crippen molar-refractivity contribution in [1.29, 1.82) is 0 Å². The van der Waals surface area contributed by atoms with Crippen LogP contribution in [0.5, 0.6) is 5.75 Å². The van der Waals surface area contributed by atoms with Gasteiger partial charge in [-0.2, -0.15) is 0 Å². The molecular weight excluding hydrogens is 400 g/mol. The topological polar surface area (TPSA) is 89.9 Å². The van der Waals surface area contributed by atoms with E-state index in [9.17, 15) is 9.59 Å². The minimum absolute atomic E-state index is 0.132. The number of H-pyrrole nitrogens is 1. The second-order valence-corrected chi connectivity index (χ2v) is 8.27. The number of hydrogen-bond donors (Lipinski definition) is 1. The third-order valence-corrected chi connectivity index (χ3v) is 6.04. The van der Waals surface area contributed by atoms with E-state index in [0.717, 1.165) is 22.4 Å². The predicted octanol–water partition coefficient (Wildman–Crippen LogP) is 3.66. The van der Waals surface area contributed by atoms with E-state index in [1.807, 2.05) is 32.9 Å². The summed E-state index contributed by atoms with van der Waals surface area (Å²) in [5.74, 6) is 0.798. The van der Waals surface area contributed by atoms with Gasteiger partial charge in [-0.3, -0.25) is 19.1 Å². The summed E-state index contributed by atoms with van der Waals surface area (Å²) in [6.07, 6.45) is 5.72. The standard InChI is InChI=1S/C22H22N4O3S/c1-4-8-29-18-11-24-16(9-17(18)27)12-26-20(15-6-5-7-23-10-15)25-21-19(22(26)28)13(2)14(3)30-21/h5-7,9-11H,4,8,12H2,1-3H3,(H,24,27). The largest absolute Gasteiger partial charge is 0.488 e. The molecule has 0 aliphatic carbocycles. The van der Waals surface area contributed by atoms with Crippen molar-refractivity contribution in [3.05, 3.63) is 73.5 Å². The fourth-order valence-electron chi connectivity index (χ4n) is 3.28. The fourth-order valence-corrected chi connectivity index (χ4v) is 4.30. The summed E-state index contributed by atoms with van der Waals surface area (Å²) in [6, 6.07) is 5.15. The van der Waals surface area contributed by atoms with Crippen molar-refractivity contribution in [2.45, 2.75) is 33.7 Å². The number of aromatic nitrogens is 4. The van der Waals surface area contributed by atoms with Crippen molar-refractivity contribution in [3.8, 4) is 17.1 Å². The highest BCUT2D eigenvalue weighted by Gasteiger charge is 2.18. The summed E-state index contributed by atoms with van der Waals surface area (Å²) >= 11 is 1.51. The Balaban J connectivity index is 1.86. The van der Waals surface area contributed by atoms with Gasteiger partial charge in [0.1, 0.15) is 10.7 Å². The lowest BCUT2D eigenvalue weighted by Gasteiger charge is -2.13. The first-order valence-electron chi connectivity index (χ1n) is 9.75. The van der Waals surface area contributed by atoms with Crippen LogP contribution in [0.4, 0.5) is 0 Å². The number of aromatic amines is 1. The summed E-state index contributed by atoms with van der Waals surface area (Å²) in [5, 5.41) is 0.621. The van der Waals surface area contributed by atoms with E-state index in [0.29, 0.717) is 28.3 Å². The Morgan fingerprint density at radius 3 is 2.80 bits per heavy atom. The van der Waals surface area contributed by atoms with Crippen LogP contribution in [-0.2, 0) is 6.54 Å². The van der Waals surface area contributed by atoms with E-state index in [1.165, 1.54) is 17.4 Å². The second-order valence-electron chi connectivity index (χ2n) is 7.07. The molecule has 0 aromatic carbocycles. The predicted molar refractivity (Wildman–Crippen MR) is 119 cm³/mol. The molecule has 4 heterocycles. The van der Waals surface area contributed by atoms with Gasteiger partial charge in [0.2, 0.25) is 5.43 Å². The molecule has 1 N–H and O–H groups in total. The first-order chi connectivity index (χ1) is 14.5. The number of hydrogen-bond acceptors (Lipinski definition) is 6. The van der Waals surface area contributed by atoms with Gasteiger partial charge in [-0.05, 0) is 38.0 Å². The number of rotatable bonds is 6. The van der Waals surface area contributed by atoms with Crippen molar-refractivity contribution in [2.24, 2.45) is 0 Å². The molecule has 0 spiro atoms. The molecule has 0 saturated carbocycles. The van der Waals surface area contributed by atoms with Gasteiger partial charge in [-0.15, -0.1) is 11.3 Å². The molecule has 0 radical (unpaired) electrons. The average Bonchev–Trinajstić information content (AvgIpc) is 3.03. The van der Waals surface area contributed by atoms with E-state index in [1.54, 1.807) is 23.2 Å². The molecule has 0 amide bonds. The zero-order valence-corrected chi connectivity index (χ0v) is 17.9. The maximum Gasteiger partial charge on any atom is 0.263 e. The van der Waals surface area contributed by atoms with Crippen molar-refractivity contribution in [2.75, 3.05) is 6.61 Å². The lowest BCUT2D eigenvalue weighted by Crippen LogP contribution is -2.25. The van der Waals surface area contributed by atoms with Gasteiger partial charge in [0.05, 0.1) is 18.5 Å². The number of ether oxygens (including phenoxy) is 1. The minimum atomic E-state index is -0.218. The molecule has 0 aliphatic heterocycles. The summed E-state index contributed by atoms with van der Waals surface area (Å²) in [5.41, 5.74) is 1.93. The minimum Gasteiger partial charge on any atom is -0.488 e. The molecule has 7 nitrogen and oxygen atoms in total. The Kier molecular flexibility index (Phi) is 5.50. The first-order valence-corrected chi connectivity index (χ1v) is 10.6. The summed E-state index contributed by atoms with van der Waals surface area (Å²) in [4.78, 5) is 39.7. The van der Waals surface area contributed by atoms with E-state index in [2.05, 4.69) is 9.97 Å². The van der Waals surface area contributed by atoms with Gasteiger partial charge in [-0.1, -0.05) is 6.92 Å². The van der Waals surface area contributed by atoms with Crippen molar-refractivity contribution < 1.29 is 4.74 Å². The van der Waals surface area contributed by atoms with Crippen LogP contribution in [0.2, 0.25) is 0 Å². The first kappa shape index (κ1) is 20.0. The SMILES string of the molecule is CCCOc1c[nH]c(Cn2c(-c3cccnc3)nc3sc(C)c(C)c3c2=O)cc1=O. The molecule has 8 heteroatoms. The molecular formula is C22H22N4O3S. The zero-order valence-electron chi connectivity index (χ0n) is 17.1. The van der Waals surface area contributed by atoms with Crippen LogP contribution in [0.1, 0.15) is 29.5 Å². The van der Waals surface area contributed by atoms with E-state index in [4.69, 9.17) is 9.72 Å². The number of aryl methyl sites for hydroxylation is 2. The van der Waals surface area contributed by atoms with Crippen LogP contribution in [0.3, 0.4) is 0 Å². The maximum absolute atomic E-state index is 13.4. The Morgan fingerprint density at radius 2 is 2.10 bits per heavy atom. The highest BCUT2D eigenvalue weighted by molar-refractivity contribution is 7.18. The number of nitrogens with one attached hydrogen (secondary N) is 1. The molecule has 0 aliphatic rings. The molecule has 154 valence electrons. The maximum atomic E-state index is 13.4. The number of fused-ring (bicyclic) bond motifs is 1. The fraction of sp³-hybridized carbons (Fsp3) is 0.273. The third-order valence-electron chi connectivity index (χ3n) is 4.94. The highest BCUT2D eigenvalue weighted by atomic mass is 32.1. The van der Waals surface area contributed by atoms with Gasteiger partial charge < -0.3 is 9.72 Å². The Bertz CT molecular complexity index is 1320. The van der Waals surface area contributed by atoms with E-state index in [-0.39, 0.29) is 23.3 Å². The summed E-state index contributed by atoms with van der Waals surface area (Å²) in [6.45, 7) is 6.56. The molecule has 4 aromatic rings. The molecule has 4 rings (SSSR count). The third kappa shape index (κ3) is 3.66. The van der Waals surface area contributed by atoms with Crippen molar-refractivity contribution in [3.63, 3.8) is 0 Å². The number of nitrogens with zero attached hydrogens (tertiary/aromatic N) is 3.